The Morgan fingerprint density at radius 3 is 2.32 bits per heavy atom. The van der Waals surface area contributed by atoms with E-state index in [0.29, 0.717) is 12.1 Å². The molecule has 0 radical (unpaired) electrons. The largest absolute Gasteiger partial charge is 0.481 e. The van der Waals surface area contributed by atoms with Gasteiger partial charge in [0, 0.05) is 12.7 Å². The molecule has 1 aromatic heterocycles. The van der Waals surface area contributed by atoms with Crippen molar-refractivity contribution in [2.24, 2.45) is 11.8 Å². The summed E-state index contributed by atoms with van der Waals surface area (Å²) >= 11 is 0. The third-order valence-electron chi connectivity index (χ3n) is 3.48. The third kappa shape index (κ3) is 5.47. The maximum Gasteiger partial charge on any atom is 0.308 e. The monoisotopic (exact) mass is 306 g/mol. The first-order valence-electron chi connectivity index (χ1n) is 7.58. The van der Waals surface area contributed by atoms with Gasteiger partial charge < -0.3 is 10.4 Å². The summed E-state index contributed by atoms with van der Waals surface area (Å²) < 4.78 is 0. The van der Waals surface area contributed by atoms with Crippen molar-refractivity contribution in [2.45, 2.75) is 46.5 Å². The number of rotatable bonds is 6. The fraction of sp³-hybridized carbons (Fsp3) is 0.588. The molecular weight excluding hydrogens is 280 g/mol. The zero-order chi connectivity index (χ0) is 16.9. The molecular formula is C17H26N2O3. The molecule has 1 atom stereocenters. The minimum absolute atomic E-state index is 0.0202. The van der Waals surface area contributed by atoms with Crippen LogP contribution in [0.5, 0.6) is 0 Å². The summed E-state index contributed by atoms with van der Waals surface area (Å²) in [7, 11) is 0. The van der Waals surface area contributed by atoms with E-state index in [9.17, 15) is 9.59 Å². The van der Waals surface area contributed by atoms with Gasteiger partial charge in [0.05, 0.1) is 5.92 Å². The van der Waals surface area contributed by atoms with Crippen LogP contribution in [0, 0.1) is 11.8 Å². The summed E-state index contributed by atoms with van der Waals surface area (Å²) in [5, 5.41) is 11.8. The lowest BCUT2D eigenvalue weighted by molar-refractivity contribution is -0.142. The number of carbonyl (C=O) groups is 2. The van der Waals surface area contributed by atoms with Crippen LogP contribution < -0.4 is 5.32 Å². The van der Waals surface area contributed by atoms with E-state index in [0.717, 1.165) is 5.56 Å². The van der Waals surface area contributed by atoms with Gasteiger partial charge in [-0.15, -0.1) is 0 Å². The molecule has 1 aromatic rings. The van der Waals surface area contributed by atoms with Gasteiger partial charge in [-0.2, -0.15) is 0 Å². The molecule has 0 bridgehead atoms. The topological polar surface area (TPSA) is 79.3 Å². The first-order valence-corrected chi connectivity index (χ1v) is 7.58. The lowest BCUT2D eigenvalue weighted by Crippen LogP contribution is -2.34. The average Bonchev–Trinajstić information content (AvgIpc) is 2.41. The van der Waals surface area contributed by atoms with E-state index in [1.165, 1.54) is 0 Å². The molecule has 122 valence electrons. The second kappa shape index (κ2) is 7.38. The Balaban J connectivity index is 2.67. The summed E-state index contributed by atoms with van der Waals surface area (Å²) in [5.41, 5.74) is 1.34. The maximum atomic E-state index is 12.1. The molecule has 0 fully saturated rings. The molecule has 0 aromatic carbocycles. The number of pyridine rings is 1. The van der Waals surface area contributed by atoms with Crippen molar-refractivity contribution in [2.75, 3.05) is 6.54 Å². The van der Waals surface area contributed by atoms with Gasteiger partial charge in [-0.05, 0) is 29.4 Å². The fourth-order valence-electron chi connectivity index (χ4n) is 2.12. The predicted octanol–water partition coefficient (Wildman–Crippen LogP) is 2.86. The fourth-order valence-corrected chi connectivity index (χ4v) is 2.12. The maximum absolute atomic E-state index is 12.1. The van der Waals surface area contributed by atoms with Gasteiger partial charge in [0.2, 0.25) is 0 Å². The molecule has 1 rings (SSSR count). The van der Waals surface area contributed by atoms with Crippen molar-refractivity contribution < 1.29 is 14.7 Å². The lowest BCUT2D eigenvalue weighted by atomic mass is 9.88. The van der Waals surface area contributed by atoms with Crippen LogP contribution in [-0.2, 0) is 10.2 Å². The minimum atomic E-state index is -0.884. The van der Waals surface area contributed by atoms with Crippen LogP contribution in [0.4, 0.5) is 0 Å². The number of amides is 1. The minimum Gasteiger partial charge on any atom is -0.481 e. The summed E-state index contributed by atoms with van der Waals surface area (Å²) in [5.74, 6) is -1.53. The number of aromatic nitrogens is 1. The SMILES string of the molecule is CC(C)CC(CNC(=O)c1ccc(C(C)(C)C)cn1)C(=O)O. The van der Waals surface area contributed by atoms with Crippen molar-refractivity contribution >= 4 is 11.9 Å². The van der Waals surface area contributed by atoms with Crippen LogP contribution in [0.25, 0.3) is 0 Å². The highest BCUT2D eigenvalue weighted by molar-refractivity contribution is 5.92. The number of carboxylic acids is 1. The third-order valence-corrected chi connectivity index (χ3v) is 3.48. The van der Waals surface area contributed by atoms with Crippen molar-refractivity contribution in [3.05, 3.63) is 29.6 Å². The number of carboxylic acid groups (broad SMARTS) is 1. The molecule has 5 heteroatoms. The zero-order valence-corrected chi connectivity index (χ0v) is 14.0. The smallest absolute Gasteiger partial charge is 0.308 e. The Morgan fingerprint density at radius 2 is 1.91 bits per heavy atom. The normalized spacial score (nSPS) is 13.0. The molecule has 0 saturated heterocycles. The van der Waals surface area contributed by atoms with Gasteiger partial charge >= 0.3 is 5.97 Å². The molecule has 1 amide bonds. The number of aliphatic carboxylic acids is 1. The van der Waals surface area contributed by atoms with Crippen LogP contribution in [0.15, 0.2) is 18.3 Å². The summed E-state index contributed by atoms with van der Waals surface area (Å²) in [6.07, 6.45) is 2.23. The van der Waals surface area contributed by atoms with Crippen molar-refractivity contribution in [3.63, 3.8) is 0 Å². The quantitative estimate of drug-likeness (QED) is 0.847. The van der Waals surface area contributed by atoms with Gasteiger partial charge in [0.25, 0.3) is 5.91 Å². The van der Waals surface area contributed by atoms with Gasteiger partial charge in [0.15, 0.2) is 0 Å². The summed E-state index contributed by atoms with van der Waals surface area (Å²) in [6, 6.07) is 3.55. The van der Waals surface area contributed by atoms with E-state index >= 15 is 0 Å². The van der Waals surface area contributed by atoms with Crippen LogP contribution in [0.1, 0.15) is 57.1 Å². The molecule has 0 saturated carbocycles. The Morgan fingerprint density at radius 1 is 1.27 bits per heavy atom. The Kier molecular flexibility index (Phi) is 6.09. The second-order valence-corrected chi connectivity index (χ2v) is 7.06. The van der Waals surface area contributed by atoms with Crippen LogP contribution in [0.3, 0.4) is 0 Å². The first kappa shape index (κ1) is 18.1. The van der Waals surface area contributed by atoms with E-state index in [1.807, 2.05) is 19.9 Å². The van der Waals surface area contributed by atoms with Crippen LogP contribution in [-0.4, -0.2) is 28.5 Å². The highest BCUT2D eigenvalue weighted by Crippen LogP contribution is 2.21. The van der Waals surface area contributed by atoms with Crippen molar-refractivity contribution in [1.29, 1.82) is 0 Å². The Labute approximate surface area is 132 Å². The van der Waals surface area contributed by atoms with Crippen molar-refractivity contribution in [3.8, 4) is 0 Å². The molecule has 0 aliphatic carbocycles. The van der Waals surface area contributed by atoms with Gasteiger partial charge in [-0.3, -0.25) is 14.6 Å². The first-order chi connectivity index (χ1) is 10.1. The molecule has 1 heterocycles. The summed E-state index contributed by atoms with van der Waals surface area (Å²) in [4.78, 5) is 27.4. The van der Waals surface area contributed by atoms with E-state index in [4.69, 9.17) is 5.11 Å². The van der Waals surface area contributed by atoms with Gasteiger partial charge in [-0.25, -0.2) is 0 Å². The standard InChI is InChI=1S/C17H26N2O3/c1-11(2)8-12(16(21)22)9-19-15(20)14-7-6-13(10-18-14)17(3,4)5/h6-7,10-12H,8-9H2,1-5H3,(H,19,20)(H,21,22). The molecule has 0 aliphatic rings. The second-order valence-electron chi connectivity index (χ2n) is 7.06. The van der Waals surface area contributed by atoms with Gasteiger partial charge in [-0.1, -0.05) is 40.7 Å². The van der Waals surface area contributed by atoms with E-state index in [-0.39, 0.29) is 23.8 Å². The van der Waals surface area contributed by atoms with E-state index < -0.39 is 11.9 Å². The van der Waals surface area contributed by atoms with Gasteiger partial charge in [0.1, 0.15) is 5.69 Å². The Bertz CT molecular complexity index is 516. The lowest BCUT2D eigenvalue weighted by Gasteiger charge is -2.18. The van der Waals surface area contributed by atoms with E-state index in [2.05, 4.69) is 31.1 Å². The molecule has 22 heavy (non-hydrogen) atoms. The highest BCUT2D eigenvalue weighted by Gasteiger charge is 2.20. The average molecular weight is 306 g/mol. The highest BCUT2D eigenvalue weighted by atomic mass is 16.4. The van der Waals surface area contributed by atoms with E-state index in [1.54, 1.807) is 12.3 Å². The van der Waals surface area contributed by atoms with Crippen LogP contribution >= 0.6 is 0 Å². The number of hydrogen-bond donors (Lipinski definition) is 2. The number of nitrogens with one attached hydrogen (secondary N) is 1. The number of nitrogens with zero attached hydrogens (tertiary/aromatic N) is 1. The molecule has 1 unspecified atom stereocenters. The van der Waals surface area contributed by atoms with Crippen molar-refractivity contribution in [1.82, 2.24) is 10.3 Å². The number of hydrogen-bond acceptors (Lipinski definition) is 3. The molecule has 2 N–H and O–H groups in total. The summed E-state index contributed by atoms with van der Waals surface area (Å²) in [6.45, 7) is 10.3. The Hall–Kier alpha value is -1.91. The molecule has 5 nitrogen and oxygen atoms in total. The number of carbonyl (C=O) groups excluding carboxylic acids is 1. The zero-order valence-electron chi connectivity index (χ0n) is 14.0. The molecule has 0 spiro atoms. The molecule has 0 aliphatic heterocycles. The van der Waals surface area contributed by atoms with Crippen LogP contribution in [0.2, 0.25) is 0 Å². The predicted molar refractivity (Wildman–Crippen MR) is 85.9 cm³/mol.